The van der Waals surface area contributed by atoms with Gasteiger partial charge in [-0.2, -0.15) is 0 Å². The Labute approximate surface area is 113 Å². The molecule has 3 rings (SSSR count). The van der Waals surface area contributed by atoms with Crippen LogP contribution < -0.4 is 0 Å². The summed E-state index contributed by atoms with van der Waals surface area (Å²) in [5, 5.41) is 0. The molecule has 0 atom stereocenters. The third kappa shape index (κ3) is 2.17. The molecule has 0 spiro atoms. The van der Waals surface area contributed by atoms with Crippen LogP contribution in [0.2, 0.25) is 0 Å². The van der Waals surface area contributed by atoms with Gasteiger partial charge in [-0.15, -0.1) is 0 Å². The molecule has 1 aromatic heterocycles. The molecule has 0 saturated carbocycles. The molecule has 0 saturated heterocycles. The Morgan fingerprint density at radius 2 is 1.61 bits per heavy atom. The van der Waals surface area contributed by atoms with Crippen molar-refractivity contribution in [3.8, 4) is 21.3 Å². The predicted molar refractivity (Wildman–Crippen MR) is 76.8 cm³/mol. The number of aromatic nitrogens is 1. The summed E-state index contributed by atoms with van der Waals surface area (Å²) >= 11 is 0.206. The molecule has 0 unspecified atom stereocenters. The van der Waals surface area contributed by atoms with E-state index in [1.165, 1.54) is 21.1 Å². The monoisotopic (exact) mass is 299 g/mol. The number of aryl methyl sites for hydroxylation is 1. The molecule has 1 nitrogen and oxygen atoms in total. The molecule has 1 heterocycles. The first kappa shape index (κ1) is 11.5. The van der Waals surface area contributed by atoms with Crippen molar-refractivity contribution < 1.29 is 0 Å². The van der Waals surface area contributed by atoms with Crippen LogP contribution in [0.15, 0.2) is 60.7 Å². The molecule has 88 valence electrons. The fourth-order valence-corrected chi connectivity index (χ4v) is 3.77. The zero-order valence-corrected chi connectivity index (χ0v) is 11.8. The van der Waals surface area contributed by atoms with E-state index in [0.29, 0.717) is 0 Å². The van der Waals surface area contributed by atoms with Crippen LogP contribution in [0.25, 0.3) is 21.3 Å². The second-order valence-electron chi connectivity index (χ2n) is 4.26. The minimum atomic E-state index is 0.206. The van der Waals surface area contributed by atoms with E-state index in [2.05, 4.69) is 61.5 Å². The minimum absolute atomic E-state index is 0.206. The SMILES string of the molecule is Cc1ccccc1-c1cc(-c2ccccc2)n[se]1. The molecular formula is C16H13NSe. The second-order valence-corrected chi connectivity index (χ2v) is 5.95. The van der Waals surface area contributed by atoms with Crippen LogP contribution in [0, 0.1) is 6.92 Å². The van der Waals surface area contributed by atoms with Crippen LogP contribution in [-0.4, -0.2) is 18.7 Å². The van der Waals surface area contributed by atoms with Crippen molar-refractivity contribution >= 4 is 14.7 Å². The maximum atomic E-state index is 4.69. The van der Waals surface area contributed by atoms with Gasteiger partial charge in [-0.05, 0) is 0 Å². The standard InChI is InChI=1S/C16H13NSe/c1-12-7-5-6-10-14(12)16-11-15(17-18-16)13-8-3-2-4-9-13/h2-11H,1H3. The van der Waals surface area contributed by atoms with Crippen molar-refractivity contribution in [1.29, 1.82) is 0 Å². The summed E-state index contributed by atoms with van der Waals surface area (Å²) in [6.07, 6.45) is 0. The zero-order valence-electron chi connectivity index (χ0n) is 10.1. The normalized spacial score (nSPS) is 10.5. The molecule has 0 bridgehead atoms. The van der Waals surface area contributed by atoms with Crippen LogP contribution in [0.4, 0.5) is 0 Å². The number of hydrogen-bond acceptors (Lipinski definition) is 1. The van der Waals surface area contributed by atoms with Crippen molar-refractivity contribution in [1.82, 2.24) is 3.98 Å². The zero-order chi connectivity index (χ0) is 12.4. The van der Waals surface area contributed by atoms with Crippen molar-refractivity contribution in [2.24, 2.45) is 0 Å². The molecule has 0 aliphatic rings. The first-order valence-corrected chi connectivity index (χ1v) is 7.55. The van der Waals surface area contributed by atoms with Gasteiger partial charge in [0, 0.05) is 0 Å². The van der Waals surface area contributed by atoms with E-state index in [1.54, 1.807) is 0 Å². The fourth-order valence-electron chi connectivity index (χ4n) is 2.00. The average Bonchev–Trinajstić information content (AvgIpc) is 2.90. The van der Waals surface area contributed by atoms with Gasteiger partial charge in [0.1, 0.15) is 0 Å². The van der Waals surface area contributed by atoms with Crippen molar-refractivity contribution in [3.05, 3.63) is 66.2 Å². The van der Waals surface area contributed by atoms with Gasteiger partial charge in [0.15, 0.2) is 0 Å². The van der Waals surface area contributed by atoms with Crippen LogP contribution in [0.5, 0.6) is 0 Å². The van der Waals surface area contributed by atoms with Gasteiger partial charge in [0.05, 0.1) is 0 Å². The quantitative estimate of drug-likeness (QED) is 0.656. The van der Waals surface area contributed by atoms with Gasteiger partial charge >= 0.3 is 113 Å². The maximum absolute atomic E-state index is 4.69. The van der Waals surface area contributed by atoms with E-state index in [9.17, 15) is 0 Å². The molecule has 0 N–H and O–H groups in total. The van der Waals surface area contributed by atoms with Gasteiger partial charge < -0.3 is 0 Å². The summed E-state index contributed by atoms with van der Waals surface area (Å²) in [6.45, 7) is 2.16. The van der Waals surface area contributed by atoms with Crippen molar-refractivity contribution in [3.63, 3.8) is 0 Å². The molecule has 0 radical (unpaired) electrons. The number of benzene rings is 2. The Hall–Kier alpha value is -1.63. The van der Waals surface area contributed by atoms with E-state index in [4.69, 9.17) is 3.98 Å². The van der Waals surface area contributed by atoms with Crippen LogP contribution in [0.3, 0.4) is 0 Å². The number of nitrogens with zero attached hydrogens (tertiary/aromatic N) is 1. The van der Waals surface area contributed by atoms with E-state index in [1.807, 2.05) is 6.07 Å². The van der Waals surface area contributed by atoms with E-state index in [-0.39, 0.29) is 14.7 Å². The van der Waals surface area contributed by atoms with Gasteiger partial charge in [0.2, 0.25) is 0 Å². The fraction of sp³-hybridized carbons (Fsp3) is 0.0625. The summed E-state index contributed by atoms with van der Waals surface area (Å²) in [5.41, 5.74) is 5.00. The van der Waals surface area contributed by atoms with Crippen molar-refractivity contribution in [2.75, 3.05) is 0 Å². The molecule has 0 fully saturated rings. The average molecular weight is 298 g/mol. The van der Waals surface area contributed by atoms with Crippen LogP contribution in [-0.2, 0) is 0 Å². The molecule has 2 aromatic carbocycles. The summed E-state index contributed by atoms with van der Waals surface area (Å²) in [6, 6.07) is 21.2. The molecule has 0 amide bonds. The number of hydrogen-bond donors (Lipinski definition) is 0. The first-order chi connectivity index (χ1) is 8.84. The molecule has 0 aliphatic carbocycles. The van der Waals surface area contributed by atoms with E-state index >= 15 is 0 Å². The van der Waals surface area contributed by atoms with Gasteiger partial charge in [-0.1, -0.05) is 0 Å². The Balaban J connectivity index is 2.03. The van der Waals surface area contributed by atoms with Gasteiger partial charge in [0.25, 0.3) is 0 Å². The van der Waals surface area contributed by atoms with Gasteiger partial charge in [-0.3, -0.25) is 0 Å². The Kier molecular flexibility index (Phi) is 3.14. The topological polar surface area (TPSA) is 12.9 Å². The third-order valence-corrected chi connectivity index (χ3v) is 4.72. The summed E-state index contributed by atoms with van der Waals surface area (Å²) in [4.78, 5) is 0. The Morgan fingerprint density at radius 1 is 0.889 bits per heavy atom. The number of rotatable bonds is 2. The first-order valence-electron chi connectivity index (χ1n) is 5.93. The van der Waals surface area contributed by atoms with Gasteiger partial charge in [-0.25, -0.2) is 0 Å². The molecule has 18 heavy (non-hydrogen) atoms. The van der Waals surface area contributed by atoms with Crippen LogP contribution >= 0.6 is 0 Å². The summed E-state index contributed by atoms with van der Waals surface area (Å²) < 4.78 is 6.07. The van der Waals surface area contributed by atoms with Crippen molar-refractivity contribution in [2.45, 2.75) is 6.92 Å². The predicted octanol–water partition coefficient (Wildman–Crippen LogP) is 3.78. The Bertz CT molecular complexity index is 656. The third-order valence-electron chi connectivity index (χ3n) is 2.99. The second kappa shape index (κ2) is 4.93. The van der Waals surface area contributed by atoms with E-state index < -0.39 is 0 Å². The molecule has 0 aliphatic heterocycles. The van der Waals surface area contributed by atoms with E-state index in [0.717, 1.165) is 5.69 Å². The summed E-state index contributed by atoms with van der Waals surface area (Å²) in [7, 11) is 0. The molecule has 2 heteroatoms. The van der Waals surface area contributed by atoms with Crippen LogP contribution in [0.1, 0.15) is 5.56 Å². The Morgan fingerprint density at radius 3 is 2.39 bits per heavy atom. The summed E-state index contributed by atoms with van der Waals surface area (Å²) in [5.74, 6) is 0. The molecule has 3 aromatic rings. The molecular weight excluding hydrogens is 285 g/mol.